The molecule has 0 bridgehead atoms. The van der Waals surface area contributed by atoms with Gasteiger partial charge in [0.15, 0.2) is 0 Å². The Kier molecular flexibility index (Phi) is 4.93. The fourth-order valence-corrected chi connectivity index (χ4v) is 1.88. The highest BCUT2D eigenvalue weighted by Gasteiger charge is 2.36. The van der Waals surface area contributed by atoms with Crippen molar-refractivity contribution in [2.75, 3.05) is 18.1 Å². The summed E-state index contributed by atoms with van der Waals surface area (Å²) in [6, 6.07) is 2.32. The van der Waals surface area contributed by atoms with Gasteiger partial charge in [0.05, 0.1) is 17.1 Å². The molecule has 8 heteroatoms. The zero-order valence-corrected chi connectivity index (χ0v) is 11.0. The molecule has 1 aromatic carbocycles. The number of benzene rings is 1. The van der Waals surface area contributed by atoms with Gasteiger partial charge >= 0.3 is 6.18 Å². The van der Waals surface area contributed by atoms with Crippen molar-refractivity contribution in [1.82, 2.24) is 0 Å². The van der Waals surface area contributed by atoms with E-state index >= 15 is 0 Å². The Morgan fingerprint density at radius 2 is 2.00 bits per heavy atom. The molecule has 0 radical (unpaired) electrons. The van der Waals surface area contributed by atoms with Gasteiger partial charge in [0.2, 0.25) is 0 Å². The van der Waals surface area contributed by atoms with Crippen LogP contribution in [0.3, 0.4) is 0 Å². The average molecular weight is 292 g/mol. The van der Waals surface area contributed by atoms with Crippen LogP contribution in [0.5, 0.6) is 0 Å². The highest BCUT2D eigenvalue weighted by molar-refractivity contribution is 5.59. The van der Waals surface area contributed by atoms with Crippen LogP contribution in [-0.4, -0.2) is 29.2 Å². The average Bonchev–Trinajstić information content (AvgIpc) is 2.33. The number of aliphatic hydroxyl groups excluding tert-OH is 1. The number of halogens is 3. The molecule has 112 valence electrons. The summed E-state index contributed by atoms with van der Waals surface area (Å²) in [6.07, 6.45) is -4.70. The summed E-state index contributed by atoms with van der Waals surface area (Å²) in [5.41, 5.74) is -1.87. The van der Waals surface area contributed by atoms with Crippen LogP contribution in [0.15, 0.2) is 18.2 Å². The van der Waals surface area contributed by atoms with Crippen LogP contribution in [-0.2, 0) is 6.18 Å². The summed E-state index contributed by atoms with van der Waals surface area (Å²) >= 11 is 0. The van der Waals surface area contributed by atoms with Gasteiger partial charge in [0.1, 0.15) is 0 Å². The second-order valence-electron chi connectivity index (χ2n) is 4.47. The van der Waals surface area contributed by atoms with E-state index in [-0.39, 0.29) is 24.9 Å². The zero-order chi connectivity index (χ0) is 15.5. The van der Waals surface area contributed by atoms with Gasteiger partial charge in [-0.05, 0) is 19.9 Å². The number of hydrogen-bond donors (Lipinski definition) is 1. The molecular formula is C12H15F3N2O3. The van der Waals surface area contributed by atoms with E-state index < -0.39 is 22.4 Å². The van der Waals surface area contributed by atoms with Crippen molar-refractivity contribution >= 4 is 11.4 Å². The Balaban J connectivity index is 3.41. The number of nitro groups is 1. The molecule has 0 atom stereocenters. The molecule has 1 rings (SSSR count). The molecule has 0 saturated heterocycles. The number of alkyl halides is 3. The first-order valence-electron chi connectivity index (χ1n) is 5.91. The van der Waals surface area contributed by atoms with Gasteiger partial charge in [-0.25, -0.2) is 0 Å². The SMILES string of the molecule is CC(C)N(CCO)c1ccc([N+](=O)[O-])cc1C(F)(F)F. The minimum absolute atomic E-state index is 0.0125. The highest BCUT2D eigenvalue weighted by Crippen LogP contribution is 2.39. The lowest BCUT2D eigenvalue weighted by Crippen LogP contribution is -2.35. The van der Waals surface area contributed by atoms with Gasteiger partial charge in [0.25, 0.3) is 5.69 Å². The Hall–Kier alpha value is -1.83. The van der Waals surface area contributed by atoms with E-state index in [1.165, 1.54) is 4.90 Å². The third-order valence-electron chi connectivity index (χ3n) is 2.77. The van der Waals surface area contributed by atoms with Gasteiger partial charge < -0.3 is 10.0 Å². The second kappa shape index (κ2) is 6.08. The quantitative estimate of drug-likeness (QED) is 0.669. The van der Waals surface area contributed by atoms with Crippen molar-refractivity contribution in [2.45, 2.75) is 26.1 Å². The second-order valence-corrected chi connectivity index (χ2v) is 4.47. The van der Waals surface area contributed by atoms with Gasteiger partial charge in [-0.2, -0.15) is 13.2 Å². The maximum atomic E-state index is 13.0. The first-order chi connectivity index (χ1) is 9.18. The standard InChI is InChI=1S/C12H15F3N2O3/c1-8(2)16(5-6-18)11-4-3-9(17(19)20)7-10(11)12(13,14)15/h3-4,7-8,18H,5-6H2,1-2H3. The van der Waals surface area contributed by atoms with Crippen LogP contribution in [0.2, 0.25) is 0 Å². The molecule has 0 fully saturated rings. The number of non-ortho nitro benzene ring substituents is 1. The number of nitro benzene ring substituents is 1. The van der Waals surface area contributed by atoms with Crippen molar-refractivity contribution in [3.05, 3.63) is 33.9 Å². The van der Waals surface area contributed by atoms with Gasteiger partial charge in [-0.3, -0.25) is 10.1 Å². The van der Waals surface area contributed by atoms with Crippen LogP contribution in [0, 0.1) is 10.1 Å². The predicted octanol–water partition coefficient (Wildman–Crippen LogP) is 2.82. The molecule has 0 aliphatic carbocycles. The third-order valence-corrected chi connectivity index (χ3v) is 2.77. The summed E-state index contributed by atoms with van der Waals surface area (Å²) in [6.45, 7) is 3.06. The van der Waals surface area contributed by atoms with Gasteiger partial charge in [-0.15, -0.1) is 0 Å². The predicted molar refractivity (Wildman–Crippen MR) is 67.7 cm³/mol. The van der Waals surface area contributed by atoms with Crippen LogP contribution in [0.1, 0.15) is 19.4 Å². The van der Waals surface area contributed by atoms with E-state index in [9.17, 15) is 23.3 Å². The lowest BCUT2D eigenvalue weighted by atomic mass is 10.1. The van der Waals surface area contributed by atoms with Crippen LogP contribution < -0.4 is 4.90 Å². The minimum Gasteiger partial charge on any atom is -0.395 e. The van der Waals surface area contributed by atoms with Gasteiger partial charge in [0, 0.05) is 30.4 Å². The molecule has 0 unspecified atom stereocenters. The van der Waals surface area contributed by atoms with Crippen molar-refractivity contribution in [1.29, 1.82) is 0 Å². The molecule has 1 N–H and O–H groups in total. The van der Waals surface area contributed by atoms with Crippen molar-refractivity contribution in [2.24, 2.45) is 0 Å². The topological polar surface area (TPSA) is 66.6 Å². The molecule has 0 aliphatic heterocycles. The van der Waals surface area contributed by atoms with Gasteiger partial charge in [-0.1, -0.05) is 0 Å². The number of nitrogens with zero attached hydrogens (tertiary/aromatic N) is 2. The van der Waals surface area contributed by atoms with E-state index in [0.717, 1.165) is 12.1 Å². The Labute approximate surface area is 113 Å². The molecule has 0 saturated carbocycles. The number of rotatable bonds is 5. The number of hydrogen-bond acceptors (Lipinski definition) is 4. The van der Waals surface area contributed by atoms with E-state index in [2.05, 4.69) is 0 Å². The summed E-state index contributed by atoms with van der Waals surface area (Å²) in [5, 5.41) is 19.6. The molecule has 1 aromatic rings. The molecule has 0 amide bonds. The molecule has 0 spiro atoms. The lowest BCUT2D eigenvalue weighted by molar-refractivity contribution is -0.385. The van der Waals surface area contributed by atoms with E-state index in [4.69, 9.17) is 5.11 Å². The minimum atomic E-state index is -4.70. The Bertz CT molecular complexity index is 489. The summed E-state index contributed by atoms with van der Waals surface area (Å²) < 4.78 is 39.1. The Morgan fingerprint density at radius 3 is 2.40 bits per heavy atom. The first-order valence-corrected chi connectivity index (χ1v) is 5.91. The zero-order valence-electron chi connectivity index (χ0n) is 11.0. The van der Waals surface area contributed by atoms with E-state index in [1.54, 1.807) is 13.8 Å². The molecule has 5 nitrogen and oxygen atoms in total. The number of anilines is 1. The first kappa shape index (κ1) is 16.2. The van der Waals surface area contributed by atoms with Crippen LogP contribution in [0.4, 0.5) is 24.5 Å². The molecule has 0 heterocycles. The molecule has 0 aliphatic rings. The fraction of sp³-hybridized carbons (Fsp3) is 0.500. The van der Waals surface area contributed by atoms with Crippen molar-refractivity contribution in [3.8, 4) is 0 Å². The lowest BCUT2D eigenvalue weighted by Gasteiger charge is -2.30. The summed E-state index contributed by atoms with van der Waals surface area (Å²) in [5.74, 6) is 0. The van der Waals surface area contributed by atoms with E-state index in [1.807, 2.05) is 0 Å². The monoisotopic (exact) mass is 292 g/mol. The summed E-state index contributed by atoms with van der Waals surface area (Å²) in [7, 11) is 0. The van der Waals surface area contributed by atoms with Crippen LogP contribution in [0.25, 0.3) is 0 Å². The maximum Gasteiger partial charge on any atom is 0.418 e. The normalized spacial score (nSPS) is 11.8. The largest absolute Gasteiger partial charge is 0.418 e. The van der Waals surface area contributed by atoms with E-state index in [0.29, 0.717) is 6.07 Å². The molecule has 20 heavy (non-hydrogen) atoms. The number of aliphatic hydroxyl groups is 1. The fourth-order valence-electron chi connectivity index (χ4n) is 1.88. The van der Waals surface area contributed by atoms with Crippen molar-refractivity contribution < 1.29 is 23.2 Å². The highest BCUT2D eigenvalue weighted by atomic mass is 19.4. The van der Waals surface area contributed by atoms with Crippen LogP contribution >= 0.6 is 0 Å². The molecule has 0 aromatic heterocycles. The van der Waals surface area contributed by atoms with Crippen molar-refractivity contribution in [3.63, 3.8) is 0 Å². The Morgan fingerprint density at radius 1 is 1.40 bits per heavy atom. The summed E-state index contributed by atoms with van der Waals surface area (Å²) in [4.78, 5) is 11.1. The maximum absolute atomic E-state index is 13.0. The molecular weight excluding hydrogens is 277 g/mol. The smallest absolute Gasteiger partial charge is 0.395 e. The third kappa shape index (κ3) is 3.60.